The van der Waals surface area contributed by atoms with Gasteiger partial charge in [0.25, 0.3) is 0 Å². The number of aryl methyl sites for hydroxylation is 2. The van der Waals surface area contributed by atoms with Gasteiger partial charge in [0, 0.05) is 120 Å². The van der Waals surface area contributed by atoms with E-state index in [9.17, 15) is 53.2 Å². The zero-order valence-electron chi connectivity index (χ0n) is 53.7. The molecule has 28 heteroatoms. The first-order valence-electron chi connectivity index (χ1n) is 31.2. The number of hydrogen-bond donors (Lipinski definition) is 15. The van der Waals surface area contributed by atoms with Crippen LogP contribution in [0.4, 0.5) is 0 Å². The number of aromatic nitrogens is 2. The van der Waals surface area contributed by atoms with E-state index >= 15 is 0 Å². The molecule has 1 aromatic carbocycles. The number of aromatic amines is 1. The molecule has 6 aliphatic rings. The quantitative estimate of drug-likeness (QED) is 0.0464. The Morgan fingerprint density at radius 1 is 0.733 bits per heavy atom. The fourth-order valence-electron chi connectivity index (χ4n) is 16.7. The van der Waals surface area contributed by atoms with E-state index in [1.807, 2.05) is 67.5 Å². The molecule has 8 bridgehead atoms. The van der Waals surface area contributed by atoms with Gasteiger partial charge in [-0.3, -0.25) is 42.6 Å². The van der Waals surface area contributed by atoms with Gasteiger partial charge in [0.1, 0.15) is 18.3 Å². The minimum absolute atomic E-state index is 0.0176. The number of carbonyl (C=O) groups is 7. The van der Waals surface area contributed by atoms with Crippen LogP contribution in [0.25, 0.3) is 11.0 Å². The van der Waals surface area contributed by atoms with Crippen LogP contribution in [0.15, 0.2) is 52.8 Å². The summed E-state index contributed by atoms with van der Waals surface area (Å²) in [6, 6.07) is 1.26. The van der Waals surface area contributed by atoms with Crippen molar-refractivity contribution in [2.24, 2.45) is 79.7 Å². The third-order valence-corrected chi connectivity index (χ3v) is 22.9. The number of amides is 7. The molecule has 498 valence electrons. The van der Waals surface area contributed by atoms with Crippen LogP contribution in [0, 0.1) is 59.2 Å². The number of aliphatic hydroxyl groups is 2. The van der Waals surface area contributed by atoms with Gasteiger partial charge in [-0.25, -0.2) is 9.55 Å². The third-order valence-electron chi connectivity index (χ3n) is 21.8. The van der Waals surface area contributed by atoms with Crippen molar-refractivity contribution in [1.82, 2.24) is 31.6 Å². The lowest BCUT2D eigenvalue weighted by Gasteiger charge is -2.49. The number of fused-ring (bicyclic) bond motifs is 10. The molecule has 18 atom stereocenters. The summed E-state index contributed by atoms with van der Waals surface area (Å²) in [6.45, 7) is 20.1. The molecule has 0 spiro atoms. The van der Waals surface area contributed by atoms with Crippen molar-refractivity contribution in [3.05, 3.63) is 63.9 Å². The zero-order chi connectivity index (χ0) is 66.7. The predicted molar refractivity (Wildman–Crippen MR) is 331 cm³/mol. The number of imidazole rings is 1. The lowest BCUT2D eigenvalue weighted by molar-refractivity contribution is -0.743. The van der Waals surface area contributed by atoms with Gasteiger partial charge in [0.15, 0.2) is 11.0 Å². The lowest BCUT2D eigenvalue weighted by Crippen LogP contribution is -2.64. The smallest absolute Gasteiger partial charge is 0.394 e. The van der Waals surface area contributed by atoms with Gasteiger partial charge >= 0.3 is 7.82 Å². The van der Waals surface area contributed by atoms with Crippen LogP contribution in [0.3, 0.4) is 0 Å². The minimum Gasteiger partial charge on any atom is -0.394 e. The Balaban J connectivity index is 1.18. The number of primary amides is 6. The summed E-state index contributed by atoms with van der Waals surface area (Å²) in [6.07, 6.45) is -2.93. The highest BCUT2D eigenvalue weighted by atomic mass is 31.2. The maximum absolute atomic E-state index is 14.4. The number of benzene rings is 1. The van der Waals surface area contributed by atoms with Crippen molar-refractivity contribution < 1.29 is 71.6 Å². The summed E-state index contributed by atoms with van der Waals surface area (Å²) in [5.41, 5.74) is 38.1. The number of allylic oxidation sites excluding steroid dienone is 3. The first-order chi connectivity index (χ1) is 41.8. The molecular weight excluding hydrogens is 1180 g/mol. The van der Waals surface area contributed by atoms with E-state index in [-0.39, 0.29) is 76.7 Å². The van der Waals surface area contributed by atoms with Crippen molar-refractivity contribution in [1.29, 1.82) is 0 Å². The number of phosphoric ester groups is 1. The largest absolute Gasteiger partial charge is 0.472 e. The van der Waals surface area contributed by atoms with Crippen LogP contribution in [0.2, 0.25) is 0 Å². The second kappa shape index (κ2) is 25.9. The number of carbonyl (C=O) groups excluding carboxylic acids is 7. The van der Waals surface area contributed by atoms with E-state index in [2.05, 4.69) is 51.5 Å². The number of H-pyrrole nitrogens is 1. The number of nitrogens with zero attached hydrogens (tertiary/aromatic N) is 1. The standard InChI is InChI=1S/C62H96N13O14P/c1-29-20-39-40(21-30(29)2)75(28-70-39)57-52(84)53(41(27-76)87-57)89-90(85,86)88-31(3)26-69-49(83)18-19-59(8)37(22-46(66)80)56-62(11)61(10,25-48(68)82)36(14-17-45(65)79)51(74-62)33(5)55-60(9,24-47(67)81)34(12-15-43(63)77)38(71-55)23-42-58(6,7)35(13-16-44(64)78)50(72-42)32(4)54(59)73-56/h20-21,23,28,31,34-38,41,50-53,56-57,71-74,76,84H,12-19,22,24-27H2,1-11H3,(H14,63,64,65,66,67,68,69,77,78,79,80,81,82,83,85,86)/p+1/b42-23-,54-32-,55-33-/t31-,34-,35-,36-,37+,38?,41-,50?,51?,52-,53-,56-,57+,59-,60+,61+,62+/m1/s1. The van der Waals surface area contributed by atoms with Gasteiger partial charge in [-0.15, -0.1) is 0 Å². The second-order valence-electron chi connectivity index (χ2n) is 27.9. The van der Waals surface area contributed by atoms with E-state index in [1.165, 1.54) is 6.92 Å². The van der Waals surface area contributed by atoms with Gasteiger partial charge < -0.3 is 80.8 Å². The van der Waals surface area contributed by atoms with Crippen molar-refractivity contribution in [3.8, 4) is 0 Å². The van der Waals surface area contributed by atoms with Crippen molar-refractivity contribution >= 4 is 60.2 Å². The summed E-state index contributed by atoms with van der Waals surface area (Å²) in [5, 5.41) is 40.2. The molecule has 5 fully saturated rings. The molecule has 1 aromatic heterocycles. The number of rotatable bonds is 26. The van der Waals surface area contributed by atoms with Gasteiger partial charge in [-0.1, -0.05) is 34.6 Å². The SMILES string of the molecule is C/C1=C2/N[C@H]([C@H](CC(N)=O)[C@@]2(C)CCC(=O)NC[C@@H](C)OP(=O)(O)O[C@H]2[C@@H](O)[C@@H]([n+]3c[nH]c4cc(C)c(C)cc43)O[C@@H]2CO)[C@]2(C)NC(/C(C)=C3\NC(/C=C4\NC1[C@@H](CCC(N)=O)C4(C)C)[C@@H](CCC(N)=O)[C@]3(C)CC(N)=O)[C@@H](CCC(N)=O)[C@]2(C)CC(N)=O. The topological polar surface area (TPSA) is 461 Å². The van der Waals surface area contributed by atoms with Gasteiger partial charge in [0.05, 0.1) is 18.8 Å². The number of hydrogen-bond acceptors (Lipinski definition) is 17. The molecule has 0 saturated carbocycles. The maximum Gasteiger partial charge on any atom is 0.472 e. The highest BCUT2D eigenvalue weighted by Crippen LogP contribution is 2.62. The van der Waals surface area contributed by atoms with Crippen molar-refractivity contribution in [3.63, 3.8) is 0 Å². The molecule has 5 saturated heterocycles. The first kappa shape index (κ1) is 69.4. The Labute approximate surface area is 525 Å². The molecule has 6 aliphatic heterocycles. The van der Waals surface area contributed by atoms with E-state index in [4.69, 9.17) is 48.2 Å². The average Bonchev–Trinajstić information content (AvgIpc) is 1.53. The Kier molecular flexibility index (Phi) is 20.0. The van der Waals surface area contributed by atoms with Crippen LogP contribution in [0.5, 0.6) is 0 Å². The van der Waals surface area contributed by atoms with E-state index in [0.717, 1.165) is 33.5 Å². The number of nitrogens with two attached hydrogens (primary N) is 6. The Morgan fingerprint density at radius 3 is 1.90 bits per heavy atom. The normalized spacial score (nSPS) is 36.7. The fraction of sp³-hybridized carbons (Fsp3) is 0.677. The third kappa shape index (κ3) is 13.2. The van der Waals surface area contributed by atoms with E-state index in [1.54, 1.807) is 10.9 Å². The summed E-state index contributed by atoms with van der Waals surface area (Å²) >= 11 is 0. The zero-order valence-corrected chi connectivity index (χ0v) is 54.6. The minimum atomic E-state index is -5.04. The fourth-order valence-corrected chi connectivity index (χ4v) is 17.9. The molecule has 27 nitrogen and oxygen atoms in total. The Morgan fingerprint density at radius 2 is 1.31 bits per heavy atom. The van der Waals surface area contributed by atoms with Gasteiger partial charge in [-0.2, -0.15) is 4.57 Å². The number of aliphatic hydroxyl groups excluding tert-OH is 2. The molecule has 7 amide bonds. The molecule has 0 aliphatic carbocycles. The molecule has 2 aromatic rings. The van der Waals surface area contributed by atoms with Crippen LogP contribution in [-0.4, -0.2) is 129 Å². The summed E-state index contributed by atoms with van der Waals surface area (Å²) in [5.74, 6) is -6.18. The van der Waals surface area contributed by atoms with Crippen LogP contribution in [-0.2, 0) is 51.9 Å². The maximum atomic E-state index is 14.4. The molecule has 4 unspecified atom stereocenters. The summed E-state index contributed by atoms with van der Waals surface area (Å²) in [4.78, 5) is 108. The van der Waals surface area contributed by atoms with E-state index in [0.29, 0.717) is 23.3 Å². The number of phosphoric acid groups is 1. The highest BCUT2D eigenvalue weighted by Gasteiger charge is 2.68. The summed E-state index contributed by atoms with van der Waals surface area (Å²) in [7, 11) is -5.04. The highest BCUT2D eigenvalue weighted by molar-refractivity contribution is 7.47. The first-order valence-corrected chi connectivity index (χ1v) is 32.7. The average molecular weight is 1280 g/mol. The second-order valence-corrected chi connectivity index (χ2v) is 29.3. The lowest BCUT2D eigenvalue weighted by atomic mass is 9.56. The van der Waals surface area contributed by atoms with Crippen molar-refractivity contribution in [2.75, 3.05) is 13.2 Å². The van der Waals surface area contributed by atoms with Crippen LogP contribution < -0.4 is 65.6 Å². The molecule has 0 radical (unpaired) electrons. The molecular formula is C62H97N13O14P+. The molecule has 90 heavy (non-hydrogen) atoms. The number of nitrogens with one attached hydrogen (secondary N) is 6. The molecule has 21 N–H and O–H groups in total. The Bertz CT molecular complexity index is 3330. The van der Waals surface area contributed by atoms with Gasteiger partial charge in [-0.05, 0) is 125 Å². The van der Waals surface area contributed by atoms with E-state index < -0.39 is 156 Å². The molecule has 8 rings (SSSR count). The molecule has 7 heterocycles. The number of ether oxygens (including phenoxy) is 1. The van der Waals surface area contributed by atoms with Crippen molar-refractivity contribution in [2.45, 2.75) is 207 Å². The monoisotopic (exact) mass is 1280 g/mol. The van der Waals surface area contributed by atoms with Gasteiger partial charge in [0.2, 0.25) is 53.9 Å². The van der Waals surface area contributed by atoms with Crippen LogP contribution >= 0.6 is 7.82 Å². The summed E-state index contributed by atoms with van der Waals surface area (Å²) < 4.78 is 32.4. The van der Waals surface area contributed by atoms with Crippen LogP contribution in [0.1, 0.15) is 150 Å². The predicted octanol–water partition coefficient (Wildman–Crippen LogP) is 1.13. The Hall–Kier alpha value is -6.45.